The molecular formula is C35H36N6O5. The molecule has 1 atom stereocenters. The van der Waals surface area contributed by atoms with Crippen molar-refractivity contribution < 1.29 is 19.1 Å². The summed E-state index contributed by atoms with van der Waals surface area (Å²) in [6.45, 7) is 4.15. The molecule has 2 aliphatic rings. The normalized spacial score (nSPS) is 14.7. The highest BCUT2D eigenvalue weighted by Crippen LogP contribution is 2.37. The Labute approximate surface area is 265 Å². The van der Waals surface area contributed by atoms with E-state index in [9.17, 15) is 19.2 Å². The summed E-state index contributed by atoms with van der Waals surface area (Å²) < 4.78 is 8.24. The van der Waals surface area contributed by atoms with E-state index >= 15 is 0 Å². The maximum atomic E-state index is 14.3. The van der Waals surface area contributed by atoms with E-state index in [1.807, 2.05) is 43.3 Å². The number of carbonyl (C=O) groups excluding carboxylic acids is 3. The van der Waals surface area contributed by atoms with Gasteiger partial charge >= 0.3 is 5.97 Å². The summed E-state index contributed by atoms with van der Waals surface area (Å²) in [6, 6.07) is 15.6. The van der Waals surface area contributed by atoms with Crippen molar-refractivity contribution in [2.75, 3.05) is 18.7 Å². The summed E-state index contributed by atoms with van der Waals surface area (Å²) in [6.07, 6.45) is 6.91. The molecule has 0 spiro atoms. The quantitative estimate of drug-likeness (QED) is 0.215. The number of amides is 2. The lowest BCUT2D eigenvalue weighted by molar-refractivity contribution is -0.143. The van der Waals surface area contributed by atoms with Crippen LogP contribution in [0.25, 0.3) is 22.2 Å². The Morgan fingerprint density at radius 1 is 1.07 bits per heavy atom. The minimum absolute atomic E-state index is 0.232. The number of aromatic nitrogens is 3. The van der Waals surface area contributed by atoms with Gasteiger partial charge in [-0.3, -0.25) is 14.4 Å². The first kappa shape index (κ1) is 30.7. The molecule has 3 N–H and O–H groups in total. The van der Waals surface area contributed by atoms with Gasteiger partial charge in [0.2, 0.25) is 0 Å². The predicted octanol–water partition coefficient (Wildman–Crippen LogP) is 3.57. The van der Waals surface area contributed by atoms with Crippen molar-refractivity contribution in [2.45, 2.75) is 52.0 Å². The minimum atomic E-state index is -0.833. The number of rotatable bonds is 9. The van der Waals surface area contributed by atoms with Gasteiger partial charge in [0.15, 0.2) is 0 Å². The smallest absolute Gasteiger partial charge is 0.328 e. The lowest BCUT2D eigenvalue weighted by Crippen LogP contribution is -2.44. The van der Waals surface area contributed by atoms with Crippen LogP contribution in [0.4, 0.5) is 0 Å². The van der Waals surface area contributed by atoms with Crippen LogP contribution in [0.1, 0.15) is 64.4 Å². The van der Waals surface area contributed by atoms with Gasteiger partial charge in [0.1, 0.15) is 11.9 Å². The molecule has 6 rings (SSSR count). The fraction of sp³-hybridized carbons (Fsp3) is 0.286. The second kappa shape index (κ2) is 12.6. The number of methoxy groups -OCH3 is 1. The zero-order valence-electron chi connectivity index (χ0n) is 26.1. The first-order valence-electron chi connectivity index (χ1n) is 15.4. The molecule has 0 saturated heterocycles. The summed E-state index contributed by atoms with van der Waals surface area (Å²) >= 11 is 0. The number of hydrogen-bond donors (Lipinski definition) is 2. The molecule has 11 nitrogen and oxygen atoms in total. The molecule has 236 valence electrons. The zero-order chi connectivity index (χ0) is 32.5. The van der Waals surface area contributed by atoms with E-state index in [2.05, 4.69) is 20.9 Å². The van der Waals surface area contributed by atoms with Gasteiger partial charge in [0, 0.05) is 16.8 Å². The topological polar surface area (TPSA) is 142 Å². The molecule has 46 heavy (non-hydrogen) atoms. The van der Waals surface area contributed by atoms with E-state index in [0.717, 1.165) is 34.6 Å². The van der Waals surface area contributed by atoms with Crippen molar-refractivity contribution in [2.24, 2.45) is 5.73 Å². The van der Waals surface area contributed by atoms with Crippen LogP contribution in [0.5, 0.6) is 0 Å². The van der Waals surface area contributed by atoms with Crippen LogP contribution >= 0.6 is 0 Å². The van der Waals surface area contributed by atoms with E-state index in [4.69, 9.17) is 10.5 Å². The summed E-state index contributed by atoms with van der Waals surface area (Å²) in [4.78, 5) is 58.6. The molecule has 0 radical (unpaired) electrons. The Hall–Kier alpha value is -5.29. The first-order valence-corrected chi connectivity index (χ1v) is 15.4. The third-order valence-electron chi connectivity index (χ3n) is 8.50. The number of carbonyl (C=O) groups is 3. The number of allylic oxidation sites excluding steroid dienone is 1. The highest BCUT2D eigenvalue weighted by molar-refractivity contribution is 6.26. The van der Waals surface area contributed by atoms with Crippen LogP contribution in [-0.4, -0.2) is 51.7 Å². The van der Waals surface area contributed by atoms with Crippen molar-refractivity contribution in [3.05, 3.63) is 111 Å². The fourth-order valence-corrected chi connectivity index (χ4v) is 6.28. The summed E-state index contributed by atoms with van der Waals surface area (Å²) in [5.74, 6) is -1.11. The van der Waals surface area contributed by atoms with Gasteiger partial charge in [-0.25, -0.2) is 14.8 Å². The Bertz CT molecular complexity index is 1990. The van der Waals surface area contributed by atoms with Crippen LogP contribution < -0.4 is 21.6 Å². The molecule has 1 aliphatic heterocycles. The number of aryl methyl sites for hydroxylation is 3. The van der Waals surface area contributed by atoms with E-state index in [0.29, 0.717) is 43.3 Å². The Kier molecular flexibility index (Phi) is 8.42. The maximum Gasteiger partial charge on any atom is 0.328 e. The largest absolute Gasteiger partial charge is 0.467 e. The van der Waals surface area contributed by atoms with Crippen molar-refractivity contribution in [1.29, 1.82) is 0 Å². The van der Waals surface area contributed by atoms with Crippen molar-refractivity contribution >= 4 is 40.0 Å². The number of nitrogens with one attached hydrogen (secondary N) is 1. The zero-order valence-corrected chi connectivity index (χ0v) is 26.1. The molecule has 1 aliphatic carbocycles. The van der Waals surface area contributed by atoms with Crippen molar-refractivity contribution in [3.63, 3.8) is 0 Å². The van der Waals surface area contributed by atoms with Crippen molar-refractivity contribution in [1.82, 2.24) is 19.5 Å². The summed E-state index contributed by atoms with van der Waals surface area (Å²) in [5, 5.41) is 4.31. The number of esters is 1. The molecule has 4 aromatic rings. The van der Waals surface area contributed by atoms with Gasteiger partial charge in [-0.05, 0) is 82.3 Å². The molecule has 2 aromatic heterocycles. The number of unbranched alkanes of at least 4 members (excludes halogenated alkanes) is 1. The predicted molar refractivity (Wildman–Crippen MR) is 175 cm³/mol. The monoisotopic (exact) mass is 620 g/mol. The number of ether oxygens (including phenoxy) is 1. The first-order chi connectivity index (χ1) is 22.2. The highest BCUT2D eigenvalue weighted by atomic mass is 16.5. The van der Waals surface area contributed by atoms with Gasteiger partial charge in [0.05, 0.1) is 41.2 Å². The molecule has 2 aromatic carbocycles. The van der Waals surface area contributed by atoms with E-state index < -0.39 is 23.5 Å². The maximum absolute atomic E-state index is 14.3. The minimum Gasteiger partial charge on any atom is -0.467 e. The average molecular weight is 621 g/mol. The molecule has 0 bridgehead atoms. The van der Waals surface area contributed by atoms with Crippen molar-refractivity contribution in [3.8, 4) is 0 Å². The second-order valence-corrected chi connectivity index (χ2v) is 11.5. The second-order valence-electron chi connectivity index (χ2n) is 11.5. The Morgan fingerprint density at radius 3 is 2.59 bits per heavy atom. The highest BCUT2D eigenvalue weighted by Gasteiger charge is 2.34. The van der Waals surface area contributed by atoms with Gasteiger partial charge in [-0.1, -0.05) is 36.4 Å². The van der Waals surface area contributed by atoms with Gasteiger partial charge in [-0.15, -0.1) is 0 Å². The van der Waals surface area contributed by atoms with E-state index in [1.165, 1.54) is 35.0 Å². The summed E-state index contributed by atoms with van der Waals surface area (Å²) in [5.41, 5.74) is 10.7. The molecule has 0 saturated carbocycles. The number of hydrogen-bond acceptors (Lipinski definition) is 7. The third kappa shape index (κ3) is 5.43. The Morgan fingerprint density at radius 2 is 1.85 bits per heavy atom. The van der Waals surface area contributed by atoms with Crippen LogP contribution in [-0.2, 0) is 20.7 Å². The van der Waals surface area contributed by atoms with E-state index in [1.54, 1.807) is 13.1 Å². The van der Waals surface area contributed by atoms with Crippen LogP contribution in [0.3, 0.4) is 0 Å². The molecule has 2 amide bonds. The van der Waals surface area contributed by atoms with Crippen LogP contribution in [0.15, 0.2) is 71.7 Å². The molecule has 3 heterocycles. The van der Waals surface area contributed by atoms with Gasteiger partial charge < -0.3 is 20.4 Å². The van der Waals surface area contributed by atoms with Crippen LogP contribution in [0.2, 0.25) is 0 Å². The SMILES string of the molecule is COC(=O)C(CCCCN)NC(=O)c1ccc2c(=O)n(N3C=C(c4ccccc4)n4c(C)cc5c4C(=CCC5)C3=O)c(C)nc2c1. The molecular weight excluding hydrogens is 584 g/mol. The standard InChI is InChI=1S/C35H36N6O5/c1-21-18-24-12-9-13-27-31(24)40(21)30(23-10-5-4-6-11-23)20-39(33(27)43)41-22(2)37-29-19-25(15-16-26(29)34(41)44)32(42)38-28(35(45)46-3)14-7-8-17-36/h4-6,10-11,13,15-16,18-20,28H,7-9,12,14,17,36H2,1-3H3,(H,38,42). The molecule has 11 heteroatoms. The number of nitrogens with two attached hydrogens (primary N) is 1. The van der Waals surface area contributed by atoms with Gasteiger partial charge in [0.25, 0.3) is 17.4 Å². The average Bonchev–Trinajstić information content (AvgIpc) is 3.33. The van der Waals surface area contributed by atoms with Crippen LogP contribution in [0, 0.1) is 13.8 Å². The number of nitrogens with zero attached hydrogens (tertiary/aromatic N) is 4. The lowest BCUT2D eigenvalue weighted by Gasteiger charge is -2.24. The number of fused-ring (bicyclic) bond motifs is 1. The Balaban J connectivity index is 1.42. The molecule has 1 unspecified atom stereocenters. The van der Waals surface area contributed by atoms with E-state index in [-0.39, 0.29) is 22.7 Å². The third-order valence-corrected chi connectivity index (χ3v) is 8.50. The fourth-order valence-electron chi connectivity index (χ4n) is 6.28. The molecule has 0 fully saturated rings. The lowest BCUT2D eigenvalue weighted by atomic mass is 9.96. The summed E-state index contributed by atoms with van der Waals surface area (Å²) in [7, 11) is 1.27. The number of benzene rings is 2. The van der Waals surface area contributed by atoms with Gasteiger partial charge in [-0.2, -0.15) is 4.68 Å².